The summed E-state index contributed by atoms with van der Waals surface area (Å²) in [6, 6.07) is 5.21. The van der Waals surface area contributed by atoms with Crippen LogP contribution in [0.4, 0.5) is 4.39 Å². The van der Waals surface area contributed by atoms with Gasteiger partial charge < -0.3 is 5.32 Å². The van der Waals surface area contributed by atoms with Gasteiger partial charge in [-0.1, -0.05) is 44.4 Å². The Morgan fingerprint density at radius 3 is 2.53 bits per heavy atom. The van der Waals surface area contributed by atoms with Gasteiger partial charge in [-0.05, 0) is 37.1 Å². The molecule has 0 heterocycles. The van der Waals surface area contributed by atoms with E-state index < -0.39 is 0 Å². The molecule has 0 aliphatic heterocycles. The van der Waals surface area contributed by atoms with Gasteiger partial charge in [0.25, 0.3) is 0 Å². The molecule has 0 aromatic heterocycles. The largest absolute Gasteiger partial charge is 0.313 e. The number of hydrogen-bond acceptors (Lipinski definition) is 1. The number of benzene rings is 1. The Labute approximate surface area is 108 Å². The molecule has 0 radical (unpaired) electrons. The predicted octanol–water partition coefficient (Wildman–Crippen LogP) is 4.57. The topological polar surface area (TPSA) is 12.0 Å². The molecule has 17 heavy (non-hydrogen) atoms. The standard InChI is InChI=1S/C14H21ClFN/c1-10(2)5-4-6-14(17-3)11-7-8-13(16)12(15)9-11/h7-10,14,17H,4-6H2,1-3H3. The lowest BCUT2D eigenvalue weighted by molar-refractivity contribution is 0.470. The van der Waals surface area contributed by atoms with Gasteiger partial charge >= 0.3 is 0 Å². The Morgan fingerprint density at radius 2 is 2.00 bits per heavy atom. The van der Waals surface area contributed by atoms with E-state index in [1.807, 2.05) is 7.05 Å². The van der Waals surface area contributed by atoms with E-state index in [1.165, 1.54) is 12.5 Å². The first-order valence-corrected chi connectivity index (χ1v) is 6.54. The van der Waals surface area contributed by atoms with Crippen molar-refractivity contribution in [2.75, 3.05) is 7.05 Å². The van der Waals surface area contributed by atoms with Crippen LogP contribution in [0.3, 0.4) is 0 Å². The lowest BCUT2D eigenvalue weighted by Gasteiger charge is -2.17. The van der Waals surface area contributed by atoms with Crippen molar-refractivity contribution in [3.05, 3.63) is 34.6 Å². The van der Waals surface area contributed by atoms with E-state index in [0.717, 1.165) is 24.3 Å². The van der Waals surface area contributed by atoms with E-state index in [1.54, 1.807) is 12.1 Å². The molecule has 0 aliphatic rings. The summed E-state index contributed by atoms with van der Waals surface area (Å²) >= 11 is 5.80. The van der Waals surface area contributed by atoms with Crippen LogP contribution in [0.1, 0.15) is 44.7 Å². The van der Waals surface area contributed by atoms with Crippen LogP contribution >= 0.6 is 11.6 Å². The van der Waals surface area contributed by atoms with Gasteiger partial charge in [0.1, 0.15) is 5.82 Å². The van der Waals surface area contributed by atoms with Crippen LogP contribution in [0.2, 0.25) is 5.02 Å². The third kappa shape index (κ3) is 4.64. The van der Waals surface area contributed by atoms with Gasteiger partial charge in [-0.15, -0.1) is 0 Å². The molecule has 0 amide bonds. The molecule has 0 saturated carbocycles. The molecule has 3 heteroatoms. The van der Waals surface area contributed by atoms with Crippen LogP contribution in [0.5, 0.6) is 0 Å². The molecule has 0 saturated heterocycles. The fourth-order valence-electron chi connectivity index (χ4n) is 1.94. The molecule has 1 atom stereocenters. The fraction of sp³-hybridized carbons (Fsp3) is 0.571. The molecule has 1 rings (SSSR count). The average Bonchev–Trinajstić information content (AvgIpc) is 2.28. The average molecular weight is 258 g/mol. The zero-order valence-electron chi connectivity index (χ0n) is 10.8. The van der Waals surface area contributed by atoms with Crippen LogP contribution < -0.4 is 5.32 Å². The van der Waals surface area contributed by atoms with E-state index in [2.05, 4.69) is 19.2 Å². The molecular weight excluding hydrogens is 237 g/mol. The molecule has 1 nitrogen and oxygen atoms in total. The molecule has 0 bridgehead atoms. The van der Waals surface area contributed by atoms with E-state index in [0.29, 0.717) is 0 Å². The zero-order valence-corrected chi connectivity index (χ0v) is 11.5. The highest BCUT2D eigenvalue weighted by atomic mass is 35.5. The van der Waals surface area contributed by atoms with Crippen LogP contribution in [-0.2, 0) is 0 Å². The van der Waals surface area contributed by atoms with Crippen LogP contribution in [0.15, 0.2) is 18.2 Å². The summed E-state index contributed by atoms with van der Waals surface area (Å²) in [5.41, 5.74) is 1.06. The van der Waals surface area contributed by atoms with E-state index in [-0.39, 0.29) is 16.9 Å². The van der Waals surface area contributed by atoms with Crippen molar-refractivity contribution >= 4 is 11.6 Å². The molecule has 0 spiro atoms. The maximum atomic E-state index is 13.1. The maximum Gasteiger partial charge on any atom is 0.141 e. The fourth-order valence-corrected chi connectivity index (χ4v) is 2.13. The minimum atomic E-state index is -0.354. The van der Waals surface area contributed by atoms with Gasteiger partial charge in [0, 0.05) is 6.04 Å². The molecule has 0 aliphatic carbocycles. The molecule has 96 valence electrons. The Morgan fingerprint density at radius 1 is 1.29 bits per heavy atom. The Balaban J connectivity index is 2.62. The van der Waals surface area contributed by atoms with Crippen LogP contribution in [0.25, 0.3) is 0 Å². The van der Waals surface area contributed by atoms with E-state index in [9.17, 15) is 4.39 Å². The van der Waals surface area contributed by atoms with E-state index >= 15 is 0 Å². The molecule has 1 unspecified atom stereocenters. The van der Waals surface area contributed by atoms with Crippen molar-refractivity contribution < 1.29 is 4.39 Å². The summed E-state index contributed by atoms with van der Waals surface area (Å²) < 4.78 is 13.1. The smallest absolute Gasteiger partial charge is 0.141 e. The van der Waals surface area contributed by atoms with Gasteiger partial charge in [0.05, 0.1) is 5.02 Å². The van der Waals surface area contributed by atoms with E-state index in [4.69, 9.17) is 11.6 Å². The monoisotopic (exact) mass is 257 g/mol. The highest BCUT2D eigenvalue weighted by Crippen LogP contribution is 2.24. The second-order valence-corrected chi connectivity index (χ2v) is 5.25. The normalized spacial score (nSPS) is 13.1. The molecular formula is C14H21ClFN. The molecule has 0 fully saturated rings. The van der Waals surface area contributed by atoms with Crippen molar-refractivity contribution in [2.24, 2.45) is 5.92 Å². The number of hydrogen-bond donors (Lipinski definition) is 1. The quantitative estimate of drug-likeness (QED) is 0.787. The summed E-state index contributed by atoms with van der Waals surface area (Å²) in [6.07, 6.45) is 3.43. The minimum Gasteiger partial charge on any atom is -0.313 e. The Hall–Kier alpha value is -0.600. The highest BCUT2D eigenvalue weighted by molar-refractivity contribution is 6.30. The van der Waals surface area contributed by atoms with Crippen molar-refractivity contribution in [3.63, 3.8) is 0 Å². The van der Waals surface area contributed by atoms with Gasteiger partial charge in [-0.3, -0.25) is 0 Å². The Bertz CT molecular complexity index is 352. The third-order valence-corrected chi connectivity index (χ3v) is 3.26. The van der Waals surface area contributed by atoms with Gasteiger partial charge in [0.15, 0.2) is 0 Å². The van der Waals surface area contributed by atoms with Gasteiger partial charge in [-0.2, -0.15) is 0 Å². The first-order chi connectivity index (χ1) is 8.04. The third-order valence-electron chi connectivity index (χ3n) is 2.97. The summed E-state index contributed by atoms with van der Waals surface area (Å²) in [7, 11) is 1.93. The summed E-state index contributed by atoms with van der Waals surface area (Å²) in [4.78, 5) is 0. The first kappa shape index (κ1) is 14.5. The number of halogens is 2. The zero-order chi connectivity index (χ0) is 12.8. The van der Waals surface area contributed by atoms with Gasteiger partial charge in [-0.25, -0.2) is 4.39 Å². The summed E-state index contributed by atoms with van der Waals surface area (Å²) in [6.45, 7) is 4.45. The molecule has 1 aromatic rings. The summed E-state index contributed by atoms with van der Waals surface area (Å²) in [5, 5.41) is 3.46. The highest BCUT2D eigenvalue weighted by Gasteiger charge is 2.11. The second kappa shape index (κ2) is 6.97. The summed E-state index contributed by atoms with van der Waals surface area (Å²) in [5.74, 6) is 0.372. The first-order valence-electron chi connectivity index (χ1n) is 6.16. The van der Waals surface area contributed by atoms with Crippen LogP contribution in [-0.4, -0.2) is 7.05 Å². The number of rotatable bonds is 6. The SMILES string of the molecule is CNC(CCCC(C)C)c1ccc(F)c(Cl)c1. The lowest BCUT2D eigenvalue weighted by Crippen LogP contribution is -2.16. The van der Waals surface area contributed by atoms with Crippen molar-refractivity contribution in [1.82, 2.24) is 5.32 Å². The van der Waals surface area contributed by atoms with Crippen molar-refractivity contribution in [1.29, 1.82) is 0 Å². The van der Waals surface area contributed by atoms with Crippen molar-refractivity contribution in [2.45, 2.75) is 39.2 Å². The lowest BCUT2D eigenvalue weighted by atomic mass is 9.98. The maximum absolute atomic E-state index is 13.1. The minimum absolute atomic E-state index is 0.201. The Kier molecular flexibility index (Phi) is 5.93. The van der Waals surface area contributed by atoms with Crippen LogP contribution in [0, 0.1) is 11.7 Å². The second-order valence-electron chi connectivity index (χ2n) is 4.84. The van der Waals surface area contributed by atoms with Gasteiger partial charge in [0.2, 0.25) is 0 Å². The molecule has 1 N–H and O–H groups in total. The molecule has 1 aromatic carbocycles. The van der Waals surface area contributed by atoms with Crippen molar-refractivity contribution in [3.8, 4) is 0 Å². The predicted molar refractivity (Wildman–Crippen MR) is 71.9 cm³/mol. The number of nitrogens with one attached hydrogen (secondary N) is 1.